The molecule has 8 aromatic carbocycles. The lowest BCUT2D eigenvalue weighted by Gasteiger charge is -2.29. The number of benzene rings is 8. The van der Waals surface area contributed by atoms with Gasteiger partial charge >= 0.3 is 0 Å². The fourth-order valence-electron chi connectivity index (χ4n) is 7.31. The van der Waals surface area contributed by atoms with Gasteiger partial charge in [-0.25, -0.2) is 0 Å². The smallest absolute Gasteiger partial charge is 0.0476 e. The van der Waals surface area contributed by atoms with Crippen LogP contribution in [0.3, 0.4) is 0 Å². The van der Waals surface area contributed by atoms with Crippen LogP contribution in [0.15, 0.2) is 164 Å². The normalized spacial score (nSPS) is 12.0. The van der Waals surface area contributed by atoms with E-state index in [0.717, 1.165) is 17.1 Å². The molecule has 0 aliphatic carbocycles. The van der Waals surface area contributed by atoms with Gasteiger partial charge in [-0.05, 0) is 85.9 Å². The molecule has 0 aliphatic rings. The van der Waals surface area contributed by atoms with Crippen LogP contribution < -0.4 is 4.90 Å². The van der Waals surface area contributed by atoms with Gasteiger partial charge in [0.05, 0.1) is 0 Å². The Morgan fingerprint density at radius 3 is 1.77 bits per heavy atom. The molecule has 2 heteroatoms. The second kappa shape index (κ2) is 10.8. The average Bonchev–Trinajstić information content (AvgIpc) is 3.50. The van der Waals surface area contributed by atoms with Crippen molar-refractivity contribution in [2.75, 3.05) is 4.90 Å². The Morgan fingerprint density at radius 1 is 0.404 bits per heavy atom. The zero-order valence-electron chi connectivity index (χ0n) is 26.4. The molecule has 1 nitrogen and oxygen atoms in total. The number of thiophene rings is 1. The van der Waals surface area contributed by atoms with Crippen LogP contribution >= 0.6 is 11.3 Å². The van der Waals surface area contributed by atoms with Gasteiger partial charge in [0, 0.05) is 42.6 Å². The second-order valence-corrected chi connectivity index (χ2v) is 14.1. The Kier molecular flexibility index (Phi) is 6.41. The van der Waals surface area contributed by atoms with Crippen molar-refractivity contribution < 1.29 is 0 Å². The largest absolute Gasteiger partial charge is 0.310 e. The van der Waals surface area contributed by atoms with Crippen LogP contribution in [-0.2, 0) is 5.41 Å². The molecule has 0 unspecified atom stereocenters. The minimum absolute atomic E-state index is 0.104. The summed E-state index contributed by atoms with van der Waals surface area (Å²) in [6.07, 6.45) is 0. The first-order chi connectivity index (χ1) is 23.0. The molecule has 0 radical (unpaired) electrons. The molecule has 224 valence electrons. The molecule has 0 bridgehead atoms. The maximum atomic E-state index is 2.41. The van der Waals surface area contributed by atoms with Crippen molar-refractivity contribution in [1.29, 1.82) is 0 Å². The standard InChI is InChI=1S/C45H33NS/c1-45(2,33-11-4-3-5-12-33)34-20-22-35(23-21-34)46(37-25-27-41-40-14-8-9-15-42(40)47-43(41)29-37)36-24-26-39-32(28-36)19-18-31-17-16-30-10-6-7-13-38(30)44(31)39/h3-29H,1-2H3. The topological polar surface area (TPSA) is 3.24 Å². The first-order valence-corrected chi connectivity index (χ1v) is 17.1. The Morgan fingerprint density at radius 2 is 0.957 bits per heavy atom. The highest BCUT2D eigenvalue weighted by molar-refractivity contribution is 7.25. The van der Waals surface area contributed by atoms with Crippen LogP contribution in [0, 0.1) is 0 Å². The summed E-state index contributed by atoms with van der Waals surface area (Å²) in [4.78, 5) is 2.41. The zero-order chi connectivity index (χ0) is 31.5. The molecule has 0 amide bonds. The van der Waals surface area contributed by atoms with Crippen LogP contribution in [0.5, 0.6) is 0 Å². The molecule has 1 aromatic heterocycles. The molecule has 9 aromatic rings. The third kappa shape index (κ3) is 4.60. The van der Waals surface area contributed by atoms with E-state index in [-0.39, 0.29) is 5.41 Å². The highest BCUT2D eigenvalue weighted by atomic mass is 32.1. The molecule has 0 fully saturated rings. The van der Waals surface area contributed by atoms with Gasteiger partial charge in [0.25, 0.3) is 0 Å². The first kappa shape index (κ1) is 27.8. The van der Waals surface area contributed by atoms with Crippen molar-refractivity contribution in [2.45, 2.75) is 19.3 Å². The van der Waals surface area contributed by atoms with Crippen molar-refractivity contribution >= 4 is 80.9 Å². The monoisotopic (exact) mass is 619 g/mol. The molecular weight excluding hydrogens is 587 g/mol. The van der Waals surface area contributed by atoms with Crippen LogP contribution in [0.4, 0.5) is 17.1 Å². The van der Waals surface area contributed by atoms with Crippen LogP contribution in [0.25, 0.3) is 52.5 Å². The molecule has 0 saturated heterocycles. The molecule has 0 saturated carbocycles. The quantitative estimate of drug-likeness (QED) is 0.173. The summed E-state index contributed by atoms with van der Waals surface area (Å²) in [5.74, 6) is 0. The second-order valence-electron chi connectivity index (χ2n) is 13.0. The van der Waals surface area contributed by atoms with E-state index in [2.05, 4.69) is 183 Å². The SMILES string of the molecule is CC(C)(c1ccccc1)c1ccc(N(c2ccc3c(ccc4ccc5ccccc5c43)c2)c2ccc3c(c2)sc2ccccc23)cc1. The average molecular weight is 620 g/mol. The lowest BCUT2D eigenvalue weighted by molar-refractivity contribution is 0.641. The summed E-state index contributed by atoms with van der Waals surface area (Å²) < 4.78 is 2.62. The predicted octanol–water partition coefficient (Wildman–Crippen LogP) is 13.3. The number of hydrogen-bond donors (Lipinski definition) is 0. The summed E-state index contributed by atoms with van der Waals surface area (Å²) >= 11 is 1.87. The van der Waals surface area contributed by atoms with E-state index in [1.54, 1.807) is 0 Å². The van der Waals surface area contributed by atoms with E-state index in [0.29, 0.717) is 0 Å². The van der Waals surface area contributed by atoms with E-state index in [4.69, 9.17) is 0 Å². The lowest BCUT2D eigenvalue weighted by atomic mass is 9.78. The highest BCUT2D eigenvalue weighted by Crippen LogP contribution is 2.43. The van der Waals surface area contributed by atoms with Gasteiger partial charge in [0.2, 0.25) is 0 Å². The van der Waals surface area contributed by atoms with Crippen molar-refractivity contribution in [1.82, 2.24) is 0 Å². The van der Waals surface area contributed by atoms with Crippen LogP contribution in [0.2, 0.25) is 0 Å². The van der Waals surface area contributed by atoms with Crippen molar-refractivity contribution in [2.24, 2.45) is 0 Å². The van der Waals surface area contributed by atoms with E-state index >= 15 is 0 Å². The molecule has 47 heavy (non-hydrogen) atoms. The third-order valence-corrected chi connectivity index (χ3v) is 11.1. The van der Waals surface area contributed by atoms with Crippen molar-refractivity contribution in [3.8, 4) is 0 Å². The Labute approximate surface area is 279 Å². The molecule has 0 N–H and O–H groups in total. The van der Waals surface area contributed by atoms with Crippen molar-refractivity contribution in [3.63, 3.8) is 0 Å². The number of nitrogens with zero attached hydrogens (tertiary/aromatic N) is 1. The molecule has 0 spiro atoms. The van der Waals surface area contributed by atoms with Gasteiger partial charge in [0.1, 0.15) is 0 Å². The maximum Gasteiger partial charge on any atom is 0.0476 e. The van der Waals surface area contributed by atoms with Gasteiger partial charge in [-0.3, -0.25) is 0 Å². The Hall–Kier alpha value is -5.44. The van der Waals surface area contributed by atoms with Crippen molar-refractivity contribution in [3.05, 3.63) is 175 Å². The molecule has 0 aliphatic heterocycles. The van der Waals surface area contributed by atoms with Gasteiger partial charge in [0.15, 0.2) is 0 Å². The number of rotatable bonds is 5. The van der Waals surface area contributed by atoms with Gasteiger partial charge in [-0.1, -0.05) is 135 Å². The van der Waals surface area contributed by atoms with E-state index in [9.17, 15) is 0 Å². The minimum Gasteiger partial charge on any atom is -0.310 e. The van der Waals surface area contributed by atoms with Crippen LogP contribution in [0.1, 0.15) is 25.0 Å². The summed E-state index contributed by atoms with van der Waals surface area (Å²) in [6, 6.07) is 60.3. The predicted molar refractivity (Wildman–Crippen MR) is 205 cm³/mol. The first-order valence-electron chi connectivity index (χ1n) is 16.3. The highest BCUT2D eigenvalue weighted by Gasteiger charge is 2.24. The summed E-state index contributed by atoms with van der Waals surface area (Å²) in [5.41, 5.74) is 5.95. The minimum atomic E-state index is -0.104. The molecule has 1 heterocycles. The van der Waals surface area contributed by atoms with E-state index in [1.807, 2.05) is 11.3 Å². The zero-order valence-corrected chi connectivity index (χ0v) is 27.3. The van der Waals surface area contributed by atoms with Gasteiger partial charge in [-0.2, -0.15) is 0 Å². The maximum absolute atomic E-state index is 2.41. The molecule has 0 atom stereocenters. The summed E-state index contributed by atoms with van der Waals surface area (Å²) in [7, 11) is 0. The number of hydrogen-bond acceptors (Lipinski definition) is 2. The third-order valence-electron chi connectivity index (χ3n) is 9.93. The van der Waals surface area contributed by atoms with Gasteiger partial charge < -0.3 is 4.90 Å². The summed E-state index contributed by atoms with van der Waals surface area (Å²) in [5, 5.41) is 10.3. The van der Waals surface area contributed by atoms with Gasteiger partial charge in [-0.15, -0.1) is 11.3 Å². The fraction of sp³-hybridized carbons (Fsp3) is 0.0667. The molecule has 9 rings (SSSR count). The van der Waals surface area contributed by atoms with E-state index in [1.165, 1.54) is 63.6 Å². The van der Waals surface area contributed by atoms with Crippen LogP contribution in [-0.4, -0.2) is 0 Å². The summed E-state index contributed by atoms with van der Waals surface area (Å²) in [6.45, 7) is 4.61. The Balaban J connectivity index is 1.22. The lowest BCUT2D eigenvalue weighted by Crippen LogP contribution is -2.19. The van der Waals surface area contributed by atoms with E-state index < -0.39 is 0 Å². The number of anilines is 3. The number of fused-ring (bicyclic) bond motifs is 8. The fourth-order valence-corrected chi connectivity index (χ4v) is 8.45. The molecular formula is C45H33NS. The Bertz CT molecular complexity index is 2590.